The van der Waals surface area contributed by atoms with Gasteiger partial charge in [-0.1, -0.05) is 37.3 Å². The first-order valence-corrected chi connectivity index (χ1v) is 7.26. The molecule has 0 radical (unpaired) electrons. The van der Waals surface area contributed by atoms with Gasteiger partial charge in [-0.05, 0) is 49.6 Å². The topological polar surface area (TPSA) is 12.0 Å². The first-order chi connectivity index (χ1) is 10.0. The van der Waals surface area contributed by atoms with Gasteiger partial charge in [0.05, 0.1) is 0 Å². The maximum absolute atomic E-state index is 14.0. The molecule has 0 amide bonds. The average Bonchev–Trinajstić information content (AvgIpc) is 2.45. The molecule has 112 valence electrons. The predicted octanol–water partition coefficient (Wildman–Crippen LogP) is 4.47. The Morgan fingerprint density at radius 2 is 1.81 bits per heavy atom. The van der Waals surface area contributed by atoms with Gasteiger partial charge in [0.2, 0.25) is 0 Å². The molecule has 0 heterocycles. The van der Waals surface area contributed by atoms with Crippen molar-refractivity contribution in [2.45, 2.75) is 33.2 Å². The van der Waals surface area contributed by atoms with Gasteiger partial charge in [0.1, 0.15) is 0 Å². The molecule has 1 N–H and O–H groups in total. The summed E-state index contributed by atoms with van der Waals surface area (Å²) in [4.78, 5) is 0. The largest absolute Gasteiger partial charge is 0.310 e. The zero-order valence-corrected chi connectivity index (χ0v) is 12.7. The molecule has 0 aromatic heterocycles. The molecule has 3 heteroatoms. The predicted molar refractivity (Wildman–Crippen MR) is 82.4 cm³/mol. The van der Waals surface area contributed by atoms with Crippen LogP contribution in [0.4, 0.5) is 8.78 Å². The van der Waals surface area contributed by atoms with E-state index in [0.29, 0.717) is 18.5 Å². The fourth-order valence-electron chi connectivity index (χ4n) is 2.49. The van der Waals surface area contributed by atoms with Crippen LogP contribution in [0.1, 0.15) is 35.2 Å². The summed E-state index contributed by atoms with van der Waals surface area (Å²) in [7, 11) is 0. The Morgan fingerprint density at radius 3 is 2.48 bits per heavy atom. The highest BCUT2D eigenvalue weighted by Gasteiger charge is 2.18. The third kappa shape index (κ3) is 3.67. The molecule has 2 aromatic carbocycles. The van der Waals surface area contributed by atoms with Crippen LogP contribution in [0.25, 0.3) is 0 Å². The zero-order chi connectivity index (χ0) is 15.4. The Morgan fingerprint density at radius 1 is 1.05 bits per heavy atom. The number of hydrogen-bond donors (Lipinski definition) is 1. The van der Waals surface area contributed by atoms with E-state index in [1.54, 1.807) is 12.1 Å². The van der Waals surface area contributed by atoms with Crippen LogP contribution in [0.2, 0.25) is 0 Å². The van der Waals surface area contributed by atoms with Crippen LogP contribution in [0.15, 0.2) is 36.4 Å². The summed E-state index contributed by atoms with van der Waals surface area (Å²) in [5.41, 5.74) is 3.95. The van der Waals surface area contributed by atoms with E-state index < -0.39 is 11.6 Å². The molecule has 2 aromatic rings. The van der Waals surface area contributed by atoms with E-state index in [4.69, 9.17) is 0 Å². The summed E-state index contributed by atoms with van der Waals surface area (Å²) in [5.74, 6) is -1.55. The Bertz CT molecular complexity index is 623. The zero-order valence-electron chi connectivity index (χ0n) is 12.7. The van der Waals surface area contributed by atoms with Gasteiger partial charge >= 0.3 is 0 Å². The highest BCUT2D eigenvalue weighted by Crippen LogP contribution is 2.24. The maximum Gasteiger partial charge on any atom is 0.163 e. The lowest BCUT2D eigenvalue weighted by Crippen LogP contribution is -2.24. The van der Waals surface area contributed by atoms with Gasteiger partial charge in [-0.2, -0.15) is 0 Å². The molecule has 1 atom stereocenters. The Balaban J connectivity index is 2.30. The summed E-state index contributed by atoms with van der Waals surface area (Å²) in [6.45, 7) is 6.78. The van der Waals surface area contributed by atoms with Crippen molar-refractivity contribution in [2.75, 3.05) is 6.54 Å². The third-order valence-electron chi connectivity index (χ3n) is 3.82. The Kier molecular flexibility index (Phi) is 5.07. The number of hydrogen-bond acceptors (Lipinski definition) is 1. The van der Waals surface area contributed by atoms with E-state index in [9.17, 15) is 8.78 Å². The van der Waals surface area contributed by atoms with Gasteiger partial charge in [-0.3, -0.25) is 0 Å². The molecular weight excluding hydrogens is 268 g/mol. The van der Waals surface area contributed by atoms with E-state index >= 15 is 0 Å². The second-order valence-electron chi connectivity index (χ2n) is 5.38. The van der Waals surface area contributed by atoms with Gasteiger partial charge in [-0.25, -0.2) is 8.78 Å². The summed E-state index contributed by atoms with van der Waals surface area (Å²) in [5, 5.41) is 3.24. The minimum absolute atomic E-state index is 0.229. The molecule has 0 fully saturated rings. The van der Waals surface area contributed by atoms with E-state index in [2.05, 4.69) is 31.3 Å². The fraction of sp³-hybridized carbons (Fsp3) is 0.333. The number of aryl methyl sites for hydroxylation is 2. The molecule has 21 heavy (non-hydrogen) atoms. The first kappa shape index (κ1) is 15.6. The van der Waals surface area contributed by atoms with E-state index in [0.717, 1.165) is 11.6 Å². The van der Waals surface area contributed by atoms with Gasteiger partial charge in [0, 0.05) is 11.6 Å². The number of halogens is 2. The quantitative estimate of drug-likeness (QED) is 0.856. The third-order valence-corrected chi connectivity index (χ3v) is 3.82. The standard InChI is InChI=1S/C18H21F2N/c1-4-21-17(15-6-5-7-16(19)18(15)20)11-14-9-8-12(2)13(3)10-14/h5-10,17,21H,4,11H2,1-3H3. The lowest BCUT2D eigenvalue weighted by Gasteiger charge is -2.20. The molecule has 0 saturated carbocycles. The Hall–Kier alpha value is -1.74. The minimum atomic E-state index is -0.796. The van der Waals surface area contributed by atoms with Gasteiger partial charge in [-0.15, -0.1) is 0 Å². The summed E-state index contributed by atoms with van der Waals surface area (Å²) < 4.78 is 27.4. The number of nitrogens with one attached hydrogen (secondary N) is 1. The van der Waals surface area contributed by atoms with Crippen LogP contribution in [0.5, 0.6) is 0 Å². The second kappa shape index (κ2) is 6.81. The number of rotatable bonds is 5. The van der Waals surface area contributed by atoms with Crippen molar-refractivity contribution in [1.29, 1.82) is 0 Å². The maximum atomic E-state index is 14.0. The highest BCUT2D eigenvalue weighted by atomic mass is 19.2. The lowest BCUT2D eigenvalue weighted by molar-refractivity contribution is 0.464. The smallest absolute Gasteiger partial charge is 0.163 e. The van der Waals surface area contributed by atoms with E-state index in [1.807, 2.05) is 13.0 Å². The van der Waals surface area contributed by atoms with Crippen molar-refractivity contribution < 1.29 is 8.78 Å². The molecule has 0 bridgehead atoms. The number of benzene rings is 2. The van der Waals surface area contributed by atoms with Crippen molar-refractivity contribution in [1.82, 2.24) is 5.32 Å². The minimum Gasteiger partial charge on any atom is -0.310 e. The molecule has 0 spiro atoms. The van der Waals surface area contributed by atoms with Crippen molar-refractivity contribution in [2.24, 2.45) is 0 Å². The molecule has 0 aliphatic carbocycles. The van der Waals surface area contributed by atoms with Crippen LogP contribution in [-0.2, 0) is 6.42 Å². The molecule has 0 saturated heterocycles. The lowest BCUT2D eigenvalue weighted by atomic mass is 9.96. The van der Waals surface area contributed by atoms with Crippen molar-refractivity contribution in [3.63, 3.8) is 0 Å². The molecular formula is C18H21F2N. The van der Waals surface area contributed by atoms with Crippen LogP contribution in [0, 0.1) is 25.5 Å². The van der Waals surface area contributed by atoms with Crippen molar-refractivity contribution >= 4 is 0 Å². The van der Waals surface area contributed by atoms with Crippen LogP contribution in [0.3, 0.4) is 0 Å². The molecule has 0 aliphatic heterocycles. The van der Waals surface area contributed by atoms with Gasteiger partial charge in [0.15, 0.2) is 11.6 Å². The molecule has 1 nitrogen and oxygen atoms in total. The fourth-order valence-corrected chi connectivity index (χ4v) is 2.49. The summed E-state index contributed by atoms with van der Waals surface area (Å²) >= 11 is 0. The molecule has 2 rings (SSSR count). The summed E-state index contributed by atoms with van der Waals surface area (Å²) in [6, 6.07) is 10.3. The second-order valence-corrected chi connectivity index (χ2v) is 5.38. The number of likely N-dealkylation sites (N-methyl/N-ethyl adjacent to an activating group) is 1. The van der Waals surface area contributed by atoms with Gasteiger partial charge < -0.3 is 5.32 Å². The highest BCUT2D eigenvalue weighted by molar-refractivity contribution is 5.32. The first-order valence-electron chi connectivity index (χ1n) is 7.26. The Labute approximate surface area is 125 Å². The molecule has 1 unspecified atom stereocenters. The average molecular weight is 289 g/mol. The van der Waals surface area contributed by atoms with Crippen LogP contribution >= 0.6 is 0 Å². The normalized spacial score (nSPS) is 12.4. The van der Waals surface area contributed by atoms with E-state index in [-0.39, 0.29) is 6.04 Å². The monoisotopic (exact) mass is 289 g/mol. The van der Waals surface area contributed by atoms with Crippen LogP contribution < -0.4 is 5.32 Å². The molecule has 0 aliphatic rings. The van der Waals surface area contributed by atoms with Crippen molar-refractivity contribution in [3.05, 3.63) is 70.3 Å². The SMILES string of the molecule is CCNC(Cc1ccc(C)c(C)c1)c1cccc(F)c1F. The van der Waals surface area contributed by atoms with E-state index in [1.165, 1.54) is 11.1 Å². The van der Waals surface area contributed by atoms with Gasteiger partial charge in [0.25, 0.3) is 0 Å². The summed E-state index contributed by atoms with van der Waals surface area (Å²) in [6.07, 6.45) is 0.634. The van der Waals surface area contributed by atoms with Crippen LogP contribution in [-0.4, -0.2) is 6.54 Å². The van der Waals surface area contributed by atoms with Crippen molar-refractivity contribution in [3.8, 4) is 0 Å².